The highest BCUT2D eigenvalue weighted by Gasteiger charge is 2.22. The molecular formula is C17H34BrNO2. The number of carbonyl (C=O) groups is 1. The van der Waals surface area contributed by atoms with Crippen molar-refractivity contribution in [3.63, 3.8) is 0 Å². The molecule has 4 heteroatoms. The topological polar surface area (TPSA) is 52.3 Å². The lowest BCUT2D eigenvalue weighted by Gasteiger charge is -2.21. The highest BCUT2D eigenvalue weighted by Crippen LogP contribution is 2.18. The van der Waals surface area contributed by atoms with Crippen molar-refractivity contribution in [3.05, 3.63) is 0 Å². The summed E-state index contributed by atoms with van der Waals surface area (Å²) in [7, 11) is 0. The Labute approximate surface area is 139 Å². The zero-order valence-corrected chi connectivity index (χ0v) is 15.7. The van der Waals surface area contributed by atoms with E-state index >= 15 is 0 Å². The molecule has 0 rings (SSSR count). The van der Waals surface area contributed by atoms with E-state index in [9.17, 15) is 4.79 Å². The summed E-state index contributed by atoms with van der Waals surface area (Å²) < 4.78 is 5.35. The number of carbonyl (C=O) groups excluding carboxylic acids is 1. The molecule has 0 bridgehead atoms. The smallest absolute Gasteiger partial charge is 0.320 e. The number of halogens is 1. The molecule has 0 aliphatic carbocycles. The molecule has 0 saturated heterocycles. The molecule has 21 heavy (non-hydrogen) atoms. The van der Waals surface area contributed by atoms with E-state index < -0.39 is 5.60 Å². The van der Waals surface area contributed by atoms with Gasteiger partial charge in [-0.2, -0.15) is 0 Å². The number of hydrogen-bond donors (Lipinski definition) is 1. The van der Waals surface area contributed by atoms with Crippen molar-refractivity contribution in [3.8, 4) is 0 Å². The van der Waals surface area contributed by atoms with Crippen LogP contribution in [0.1, 0.15) is 85.0 Å². The molecule has 0 spiro atoms. The first kappa shape index (κ1) is 20.9. The fourth-order valence-corrected chi connectivity index (χ4v) is 2.61. The first-order valence-electron chi connectivity index (χ1n) is 8.44. The Morgan fingerprint density at radius 1 is 0.952 bits per heavy atom. The zero-order valence-electron chi connectivity index (χ0n) is 14.1. The summed E-state index contributed by atoms with van der Waals surface area (Å²) in [5.41, 5.74) is 5.07. The number of ether oxygens (including phenoxy) is 1. The van der Waals surface area contributed by atoms with Crippen LogP contribution in [0.2, 0.25) is 0 Å². The van der Waals surface area contributed by atoms with Gasteiger partial charge in [0.05, 0.1) is 0 Å². The Bertz CT molecular complexity index is 264. The SMILES string of the molecule is CC(C)(C)OC(=O)C(Br)CCCCCCCCCCCN. The monoisotopic (exact) mass is 363 g/mol. The molecule has 0 radical (unpaired) electrons. The van der Waals surface area contributed by atoms with Gasteiger partial charge in [-0.05, 0) is 40.2 Å². The molecule has 0 fully saturated rings. The van der Waals surface area contributed by atoms with Crippen LogP contribution in [0.3, 0.4) is 0 Å². The number of nitrogens with two attached hydrogens (primary N) is 1. The third-order valence-electron chi connectivity index (χ3n) is 3.32. The summed E-state index contributed by atoms with van der Waals surface area (Å²) in [6.07, 6.45) is 12.1. The Morgan fingerprint density at radius 2 is 1.38 bits per heavy atom. The van der Waals surface area contributed by atoms with E-state index in [1.165, 1.54) is 44.9 Å². The largest absolute Gasteiger partial charge is 0.459 e. The lowest BCUT2D eigenvalue weighted by atomic mass is 10.1. The molecule has 0 aromatic carbocycles. The lowest BCUT2D eigenvalue weighted by molar-refractivity contribution is -0.154. The van der Waals surface area contributed by atoms with Gasteiger partial charge in [-0.3, -0.25) is 4.79 Å². The summed E-state index contributed by atoms with van der Waals surface area (Å²) in [6.45, 7) is 6.53. The average Bonchev–Trinajstić information content (AvgIpc) is 2.38. The molecule has 0 aliphatic heterocycles. The van der Waals surface area contributed by atoms with E-state index in [4.69, 9.17) is 10.5 Å². The van der Waals surface area contributed by atoms with Crippen LogP contribution in [0.4, 0.5) is 0 Å². The number of hydrogen-bond acceptors (Lipinski definition) is 3. The summed E-state index contributed by atoms with van der Waals surface area (Å²) in [4.78, 5) is 11.6. The minimum absolute atomic E-state index is 0.137. The van der Waals surface area contributed by atoms with Crippen molar-refractivity contribution in [2.45, 2.75) is 95.4 Å². The Hall–Kier alpha value is -0.0900. The normalized spacial score (nSPS) is 13.2. The van der Waals surface area contributed by atoms with Crippen LogP contribution in [-0.4, -0.2) is 22.9 Å². The molecule has 126 valence electrons. The maximum atomic E-state index is 11.8. The Balaban J connectivity index is 3.40. The van der Waals surface area contributed by atoms with Gasteiger partial charge in [-0.25, -0.2) is 0 Å². The van der Waals surface area contributed by atoms with E-state index in [1.807, 2.05) is 20.8 Å². The van der Waals surface area contributed by atoms with Crippen molar-refractivity contribution in [2.75, 3.05) is 6.54 Å². The third kappa shape index (κ3) is 14.6. The summed E-state index contributed by atoms with van der Waals surface area (Å²) >= 11 is 3.43. The molecule has 0 aromatic rings. The molecule has 0 aromatic heterocycles. The molecule has 1 atom stereocenters. The van der Waals surface area contributed by atoms with Crippen molar-refractivity contribution >= 4 is 21.9 Å². The minimum atomic E-state index is -0.396. The Morgan fingerprint density at radius 3 is 1.81 bits per heavy atom. The van der Waals surface area contributed by atoms with Crippen molar-refractivity contribution < 1.29 is 9.53 Å². The summed E-state index contributed by atoms with van der Waals surface area (Å²) in [5.74, 6) is -0.137. The maximum absolute atomic E-state index is 11.8. The van der Waals surface area contributed by atoms with E-state index in [1.54, 1.807) is 0 Å². The van der Waals surface area contributed by atoms with Gasteiger partial charge < -0.3 is 10.5 Å². The summed E-state index contributed by atoms with van der Waals surface area (Å²) in [6, 6.07) is 0. The van der Waals surface area contributed by atoms with E-state index in [0.717, 1.165) is 25.8 Å². The molecule has 1 unspecified atom stereocenters. The highest BCUT2D eigenvalue weighted by molar-refractivity contribution is 9.10. The van der Waals surface area contributed by atoms with Crippen LogP contribution in [-0.2, 0) is 9.53 Å². The first-order chi connectivity index (χ1) is 9.87. The Kier molecular flexibility index (Phi) is 12.4. The molecule has 0 saturated carbocycles. The van der Waals surface area contributed by atoms with E-state index in [-0.39, 0.29) is 10.8 Å². The van der Waals surface area contributed by atoms with Crippen molar-refractivity contribution in [1.29, 1.82) is 0 Å². The van der Waals surface area contributed by atoms with Gasteiger partial charge in [0.15, 0.2) is 0 Å². The van der Waals surface area contributed by atoms with Crippen LogP contribution >= 0.6 is 15.9 Å². The van der Waals surface area contributed by atoms with Gasteiger partial charge in [0.2, 0.25) is 0 Å². The average molecular weight is 364 g/mol. The van der Waals surface area contributed by atoms with Crippen LogP contribution < -0.4 is 5.73 Å². The van der Waals surface area contributed by atoms with Gasteiger partial charge in [-0.1, -0.05) is 67.3 Å². The number of rotatable bonds is 12. The minimum Gasteiger partial charge on any atom is -0.459 e. The first-order valence-corrected chi connectivity index (χ1v) is 9.35. The lowest BCUT2D eigenvalue weighted by Crippen LogP contribution is -2.28. The standard InChI is InChI=1S/C17H34BrNO2/c1-17(2,3)21-16(20)15(18)13-11-9-7-5-4-6-8-10-12-14-19/h15H,4-14,19H2,1-3H3. The number of esters is 1. The van der Waals surface area contributed by atoms with E-state index in [0.29, 0.717) is 0 Å². The third-order valence-corrected chi connectivity index (χ3v) is 4.16. The summed E-state index contributed by atoms with van der Waals surface area (Å²) in [5, 5.41) is 0. The second-order valence-corrected chi connectivity index (χ2v) is 7.87. The molecular weight excluding hydrogens is 330 g/mol. The molecule has 0 heterocycles. The van der Waals surface area contributed by atoms with Crippen LogP contribution in [0.25, 0.3) is 0 Å². The van der Waals surface area contributed by atoms with Gasteiger partial charge in [0, 0.05) is 0 Å². The second-order valence-electron chi connectivity index (χ2n) is 6.76. The van der Waals surface area contributed by atoms with Gasteiger partial charge >= 0.3 is 5.97 Å². The fraction of sp³-hybridized carbons (Fsp3) is 0.941. The maximum Gasteiger partial charge on any atom is 0.320 e. The van der Waals surface area contributed by atoms with Gasteiger partial charge in [0.1, 0.15) is 10.4 Å². The fourth-order valence-electron chi connectivity index (χ4n) is 2.19. The van der Waals surface area contributed by atoms with E-state index in [2.05, 4.69) is 15.9 Å². The van der Waals surface area contributed by atoms with Crippen molar-refractivity contribution in [2.24, 2.45) is 5.73 Å². The number of unbranched alkanes of at least 4 members (excludes halogenated alkanes) is 8. The van der Waals surface area contributed by atoms with Gasteiger partial charge in [0.25, 0.3) is 0 Å². The number of alkyl halides is 1. The predicted octanol–water partition coefficient (Wildman–Crippen LogP) is 4.95. The molecule has 0 amide bonds. The second kappa shape index (κ2) is 12.5. The predicted molar refractivity (Wildman–Crippen MR) is 93.8 cm³/mol. The molecule has 3 nitrogen and oxygen atoms in total. The van der Waals surface area contributed by atoms with Gasteiger partial charge in [-0.15, -0.1) is 0 Å². The van der Waals surface area contributed by atoms with Crippen molar-refractivity contribution in [1.82, 2.24) is 0 Å². The van der Waals surface area contributed by atoms with Crippen LogP contribution in [0, 0.1) is 0 Å². The molecule has 2 N–H and O–H groups in total. The van der Waals surface area contributed by atoms with Crippen LogP contribution in [0.5, 0.6) is 0 Å². The van der Waals surface area contributed by atoms with Crippen LogP contribution in [0.15, 0.2) is 0 Å². The molecule has 0 aliphatic rings. The zero-order chi connectivity index (χ0) is 16.1. The quantitative estimate of drug-likeness (QED) is 0.303. The highest BCUT2D eigenvalue weighted by atomic mass is 79.9.